The van der Waals surface area contributed by atoms with Crippen LogP contribution in [0.15, 0.2) is 22.7 Å². The molecule has 1 saturated heterocycles. The minimum Gasteiger partial charge on any atom is -0.481 e. The number of carbonyl (C=O) groups is 1. The van der Waals surface area contributed by atoms with Gasteiger partial charge < -0.3 is 5.11 Å². The highest BCUT2D eigenvalue weighted by Gasteiger charge is 2.29. The maximum Gasteiger partial charge on any atom is 0.306 e. The molecular weight excluding hydrogens is 330 g/mol. The molecule has 1 aromatic rings. The van der Waals surface area contributed by atoms with Crippen LogP contribution in [0.1, 0.15) is 25.3 Å². The van der Waals surface area contributed by atoms with Gasteiger partial charge in [0.1, 0.15) is 0 Å². The van der Waals surface area contributed by atoms with Crippen molar-refractivity contribution in [2.45, 2.75) is 32.4 Å². The number of benzene rings is 1. The Morgan fingerprint density at radius 3 is 2.95 bits per heavy atom. The zero-order valence-electron chi connectivity index (χ0n) is 10.8. The molecule has 104 valence electrons. The van der Waals surface area contributed by atoms with Gasteiger partial charge in [0, 0.05) is 22.1 Å². The number of hydrogen-bond donors (Lipinski definition) is 1. The van der Waals surface area contributed by atoms with Crippen LogP contribution in [-0.2, 0) is 11.3 Å². The van der Waals surface area contributed by atoms with E-state index in [0.717, 1.165) is 28.1 Å². The van der Waals surface area contributed by atoms with E-state index in [-0.39, 0.29) is 12.0 Å². The number of aliphatic carboxylic acids is 1. The quantitative estimate of drug-likeness (QED) is 0.905. The Kier molecular flexibility index (Phi) is 4.87. The third-order valence-electron chi connectivity index (χ3n) is 3.74. The smallest absolute Gasteiger partial charge is 0.306 e. The molecule has 0 amide bonds. The Bertz CT molecular complexity index is 481. The largest absolute Gasteiger partial charge is 0.481 e. The summed E-state index contributed by atoms with van der Waals surface area (Å²) in [5, 5.41) is 9.83. The lowest BCUT2D eigenvalue weighted by molar-refractivity contribution is -0.144. The zero-order chi connectivity index (χ0) is 14.0. The molecule has 1 N–H and O–H groups in total. The van der Waals surface area contributed by atoms with Gasteiger partial charge in [0.25, 0.3) is 0 Å². The van der Waals surface area contributed by atoms with Crippen LogP contribution in [0, 0.1) is 5.92 Å². The molecule has 0 aromatic heterocycles. The molecule has 1 aliphatic rings. The van der Waals surface area contributed by atoms with Gasteiger partial charge in [-0.05, 0) is 50.1 Å². The lowest BCUT2D eigenvalue weighted by atomic mass is 9.91. The summed E-state index contributed by atoms with van der Waals surface area (Å²) in [4.78, 5) is 13.3. The van der Waals surface area contributed by atoms with Gasteiger partial charge in [-0.1, -0.05) is 27.5 Å². The molecule has 19 heavy (non-hydrogen) atoms. The Morgan fingerprint density at radius 1 is 1.58 bits per heavy atom. The molecule has 0 bridgehead atoms. The van der Waals surface area contributed by atoms with Crippen molar-refractivity contribution in [1.82, 2.24) is 4.90 Å². The maximum absolute atomic E-state index is 11.0. The number of carboxylic acids is 1. The van der Waals surface area contributed by atoms with Crippen LogP contribution >= 0.6 is 27.5 Å². The fourth-order valence-corrected chi connectivity index (χ4v) is 3.15. The summed E-state index contributed by atoms with van der Waals surface area (Å²) in [6.45, 7) is 3.66. The van der Waals surface area contributed by atoms with E-state index < -0.39 is 5.97 Å². The van der Waals surface area contributed by atoms with Crippen molar-refractivity contribution in [2.24, 2.45) is 5.92 Å². The van der Waals surface area contributed by atoms with Crippen LogP contribution in [0.2, 0.25) is 5.02 Å². The van der Waals surface area contributed by atoms with E-state index in [0.29, 0.717) is 12.8 Å². The van der Waals surface area contributed by atoms with Crippen molar-refractivity contribution in [3.63, 3.8) is 0 Å². The molecule has 0 saturated carbocycles. The van der Waals surface area contributed by atoms with Crippen molar-refractivity contribution >= 4 is 33.5 Å². The van der Waals surface area contributed by atoms with E-state index in [4.69, 9.17) is 16.7 Å². The van der Waals surface area contributed by atoms with Crippen LogP contribution < -0.4 is 0 Å². The van der Waals surface area contributed by atoms with Crippen molar-refractivity contribution in [3.8, 4) is 0 Å². The topological polar surface area (TPSA) is 40.5 Å². The van der Waals surface area contributed by atoms with Gasteiger partial charge in [-0.25, -0.2) is 0 Å². The van der Waals surface area contributed by atoms with E-state index in [2.05, 4.69) is 27.8 Å². The van der Waals surface area contributed by atoms with E-state index in [1.807, 2.05) is 18.2 Å². The molecule has 1 fully saturated rings. The maximum atomic E-state index is 11.0. The highest BCUT2D eigenvalue weighted by Crippen LogP contribution is 2.28. The summed E-state index contributed by atoms with van der Waals surface area (Å²) in [6, 6.07) is 6.10. The van der Waals surface area contributed by atoms with Crippen LogP contribution in [0.3, 0.4) is 0 Å². The van der Waals surface area contributed by atoms with Crippen molar-refractivity contribution in [3.05, 3.63) is 33.3 Å². The lowest BCUT2D eigenvalue weighted by Crippen LogP contribution is -2.42. The highest BCUT2D eigenvalue weighted by molar-refractivity contribution is 9.10. The van der Waals surface area contributed by atoms with Crippen LogP contribution in [0.5, 0.6) is 0 Å². The predicted molar refractivity (Wildman–Crippen MR) is 79.4 cm³/mol. The fourth-order valence-electron chi connectivity index (χ4n) is 2.56. The molecule has 2 atom stereocenters. The van der Waals surface area contributed by atoms with Crippen LogP contribution in [0.4, 0.5) is 0 Å². The standard InChI is InChI=1S/C14H17BrClNO2/c1-9-6-10(14(18)19)4-5-17(9)8-11-7-12(15)2-3-13(11)16/h2-3,7,9-10H,4-6,8H2,1H3,(H,18,19). The summed E-state index contributed by atoms with van der Waals surface area (Å²) in [6.07, 6.45) is 1.42. The van der Waals surface area contributed by atoms with E-state index in [1.54, 1.807) is 0 Å². The SMILES string of the molecule is CC1CC(C(=O)O)CCN1Cc1cc(Br)ccc1Cl. The van der Waals surface area contributed by atoms with Crippen LogP contribution in [0.25, 0.3) is 0 Å². The molecule has 1 aliphatic heterocycles. The average molecular weight is 347 g/mol. The number of carboxylic acid groups (broad SMARTS) is 1. The predicted octanol–water partition coefficient (Wildman–Crippen LogP) is 3.79. The molecule has 3 nitrogen and oxygen atoms in total. The van der Waals surface area contributed by atoms with Crippen molar-refractivity contribution in [2.75, 3.05) is 6.54 Å². The molecule has 0 radical (unpaired) electrons. The lowest BCUT2D eigenvalue weighted by Gasteiger charge is -2.36. The second-order valence-electron chi connectivity index (χ2n) is 5.11. The molecule has 1 heterocycles. The first kappa shape index (κ1) is 14.8. The van der Waals surface area contributed by atoms with Gasteiger partial charge in [0.15, 0.2) is 0 Å². The number of halogens is 2. The minimum atomic E-state index is -0.674. The van der Waals surface area contributed by atoms with Gasteiger partial charge in [0.05, 0.1) is 5.92 Å². The Labute approximate surface area is 126 Å². The monoisotopic (exact) mass is 345 g/mol. The summed E-state index contributed by atoms with van der Waals surface area (Å²) in [5.74, 6) is -0.879. The first-order valence-electron chi connectivity index (χ1n) is 6.38. The molecule has 0 spiro atoms. The zero-order valence-corrected chi connectivity index (χ0v) is 13.1. The molecule has 0 aliphatic carbocycles. The van der Waals surface area contributed by atoms with Crippen molar-refractivity contribution in [1.29, 1.82) is 0 Å². The third kappa shape index (κ3) is 3.71. The average Bonchev–Trinajstić information content (AvgIpc) is 2.36. The normalized spacial score (nSPS) is 24.4. The first-order chi connectivity index (χ1) is 8.97. The Balaban J connectivity index is 2.04. The number of nitrogens with zero attached hydrogens (tertiary/aromatic N) is 1. The van der Waals surface area contributed by atoms with E-state index in [1.165, 1.54) is 0 Å². The Hall–Kier alpha value is -0.580. The van der Waals surface area contributed by atoms with Gasteiger partial charge >= 0.3 is 5.97 Å². The van der Waals surface area contributed by atoms with Crippen molar-refractivity contribution < 1.29 is 9.90 Å². The number of piperidine rings is 1. The summed E-state index contributed by atoms with van der Waals surface area (Å²) >= 11 is 9.65. The number of hydrogen-bond acceptors (Lipinski definition) is 2. The fraction of sp³-hybridized carbons (Fsp3) is 0.500. The minimum absolute atomic E-state index is 0.204. The number of rotatable bonds is 3. The number of likely N-dealkylation sites (tertiary alicyclic amines) is 1. The van der Waals surface area contributed by atoms with Crippen LogP contribution in [-0.4, -0.2) is 28.6 Å². The van der Waals surface area contributed by atoms with Gasteiger partial charge in [0.2, 0.25) is 0 Å². The molecular formula is C14H17BrClNO2. The van der Waals surface area contributed by atoms with Gasteiger partial charge in [-0.3, -0.25) is 9.69 Å². The first-order valence-corrected chi connectivity index (χ1v) is 7.55. The van der Waals surface area contributed by atoms with E-state index >= 15 is 0 Å². The summed E-state index contributed by atoms with van der Waals surface area (Å²) < 4.78 is 1.01. The molecule has 2 rings (SSSR count). The molecule has 2 unspecified atom stereocenters. The highest BCUT2D eigenvalue weighted by atomic mass is 79.9. The molecule has 1 aromatic carbocycles. The summed E-state index contributed by atoms with van der Waals surface area (Å²) in [7, 11) is 0. The molecule has 5 heteroatoms. The third-order valence-corrected chi connectivity index (χ3v) is 4.61. The van der Waals surface area contributed by atoms with Gasteiger partial charge in [-0.15, -0.1) is 0 Å². The second-order valence-corrected chi connectivity index (χ2v) is 6.44. The van der Waals surface area contributed by atoms with Gasteiger partial charge in [-0.2, -0.15) is 0 Å². The summed E-state index contributed by atoms with van der Waals surface area (Å²) in [5.41, 5.74) is 1.08. The second kappa shape index (κ2) is 6.25. The Morgan fingerprint density at radius 2 is 2.32 bits per heavy atom. The van der Waals surface area contributed by atoms with E-state index in [9.17, 15) is 4.79 Å².